The Bertz CT molecular complexity index is 454. The molecule has 2 N–H and O–H groups in total. The predicted octanol–water partition coefficient (Wildman–Crippen LogP) is 2.48. The minimum absolute atomic E-state index is 0.0000491. The predicted molar refractivity (Wildman–Crippen MR) is 71.1 cm³/mol. The van der Waals surface area contributed by atoms with Crippen LogP contribution in [0, 0.1) is 0 Å². The van der Waals surface area contributed by atoms with E-state index in [0.29, 0.717) is 13.1 Å². The number of amides is 1. The summed E-state index contributed by atoms with van der Waals surface area (Å²) in [6.45, 7) is 0.883. The van der Waals surface area contributed by atoms with Crippen molar-refractivity contribution in [3.63, 3.8) is 0 Å². The molecule has 0 unspecified atom stereocenters. The molecule has 0 aliphatic rings. The zero-order chi connectivity index (χ0) is 11.9. The van der Waals surface area contributed by atoms with E-state index < -0.39 is 0 Å². The van der Waals surface area contributed by atoms with Gasteiger partial charge in [-0.2, -0.15) is 11.3 Å². The van der Waals surface area contributed by atoms with Gasteiger partial charge in [0.1, 0.15) is 0 Å². The van der Waals surface area contributed by atoms with Gasteiger partial charge < -0.3 is 10.6 Å². The monoisotopic (exact) mass is 246 g/mol. The lowest BCUT2D eigenvalue weighted by Gasteiger charge is -2.06. The van der Waals surface area contributed by atoms with Gasteiger partial charge in [-0.15, -0.1) is 0 Å². The average Bonchev–Trinajstić information content (AvgIpc) is 2.88. The summed E-state index contributed by atoms with van der Waals surface area (Å²) < 4.78 is 0. The third kappa shape index (κ3) is 3.92. The first kappa shape index (κ1) is 11.7. The molecule has 88 valence electrons. The molecule has 0 bridgehead atoms. The molecule has 1 heterocycles. The van der Waals surface area contributed by atoms with Gasteiger partial charge in [-0.25, -0.2) is 0 Å². The summed E-state index contributed by atoms with van der Waals surface area (Å²) in [7, 11) is 0. The largest absolute Gasteiger partial charge is 0.375 e. The zero-order valence-electron chi connectivity index (χ0n) is 9.35. The topological polar surface area (TPSA) is 41.1 Å². The number of rotatable bonds is 5. The molecule has 0 atom stereocenters. The second-order valence-electron chi connectivity index (χ2n) is 3.63. The number of nitrogens with one attached hydrogen (secondary N) is 2. The molecule has 17 heavy (non-hydrogen) atoms. The minimum Gasteiger partial charge on any atom is -0.375 e. The Hall–Kier alpha value is -1.81. The van der Waals surface area contributed by atoms with Gasteiger partial charge in [0.2, 0.25) is 5.91 Å². The van der Waals surface area contributed by atoms with Crippen molar-refractivity contribution in [2.45, 2.75) is 6.54 Å². The van der Waals surface area contributed by atoms with Gasteiger partial charge in [-0.05, 0) is 17.0 Å². The molecule has 0 aliphatic carbocycles. The fourth-order valence-electron chi connectivity index (χ4n) is 1.41. The standard InChI is InChI=1S/C13H14N2OS/c16-13(9-14-12-6-7-17-10-12)15-8-11-4-2-1-3-5-11/h1-7,10,14H,8-9H2,(H,15,16). The fourth-order valence-corrected chi connectivity index (χ4v) is 2.02. The van der Waals surface area contributed by atoms with Gasteiger partial charge in [-0.3, -0.25) is 4.79 Å². The van der Waals surface area contributed by atoms with Gasteiger partial charge in [0.05, 0.1) is 6.54 Å². The van der Waals surface area contributed by atoms with Crippen molar-refractivity contribution < 1.29 is 4.79 Å². The van der Waals surface area contributed by atoms with Crippen molar-refractivity contribution in [1.29, 1.82) is 0 Å². The van der Waals surface area contributed by atoms with Crippen molar-refractivity contribution in [3.05, 3.63) is 52.7 Å². The molecular weight excluding hydrogens is 232 g/mol. The number of benzene rings is 1. The summed E-state index contributed by atoms with van der Waals surface area (Å²) in [4.78, 5) is 11.5. The maximum absolute atomic E-state index is 11.5. The van der Waals surface area contributed by atoms with Crippen LogP contribution in [0.3, 0.4) is 0 Å². The third-order valence-electron chi connectivity index (χ3n) is 2.31. The van der Waals surface area contributed by atoms with E-state index in [1.54, 1.807) is 11.3 Å². The summed E-state index contributed by atoms with van der Waals surface area (Å²) in [6.07, 6.45) is 0. The fraction of sp³-hybridized carbons (Fsp3) is 0.154. The third-order valence-corrected chi connectivity index (χ3v) is 2.99. The normalized spacial score (nSPS) is 9.88. The van der Waals surface area contributed by atoms with Crippen molar-refractivity contribution >= 4 is 22.9 Å². The average molecular weight is 246 g/mol. The van der Waals surface area contributed by atoms with Gasteiger partial charge in [0.15, 0.2) is 0 Å². The maximum atomic E-state index is 11.5. The SMILES string of the molecule is O=C(CNc1ccsc1)NCc1ccccc1. The summed E-state index contributed by atoms with van der Waals surface area (Å²) in [6, 6.07) is 11.8. The first-order chi connectivity index (χ1) is 8.34. The van der Waals surface area contributed by atoms with E-state index in [4.69, 9.17) is 0 Å². The van der Waals surface area contributed by atoms with E-state index in [2.05, 4.69) is 10.6 Å². The number of hydrogen-bond acceptors (Lipinski definition) is 3. The van der Waals surface area contributed by atoms with E-state index in [-0.39, 0.29) is 5.91 Å². The molecule has 0 saturated carbocycles. The number of carbonyl (C=O) groups excluding carboxylic acids is 1. The summed E-state index contributed by atoms with van der Waals surface area (Å²) >= 11 is 1.61. The Balaban J connectivity index is 1.71. The van der Waals surface area contributed by atoms with Gasteiger partial charge in [-0.1, -0.05) is 30.3 Å². The quantitative estimate of drug-likeness (QED) is 0.851. The second-order valence-corrected chi connectivity index (χ2v) is 4.41. The van der Waals surface area contributed by atoms with Crippen LogP contribution in [0.1, 0.15) is 5.56 Å². The van der Waals surface area contributed by atoms with Crippen LogP contribution < -0.4 is 10.6 Å². The lowest BCUT2D eigenvalue weighted by atomic mass is 10.2. The summed E-state index contributed by atoms with van der Waals surface area (Å²) in [5.41, 5.74) is 2.10. The molecule has 1 amide bonds. The first-order valence-corrected chi connectivity index (χ1v) is 6.35. The molecule has 3 nitrogen and oxygen atoms in total. The molecule has 0 saturated heterocycles. The smallest absolute Gasteiger partial charge is 0.239 e. The number of hydrogen-bond donors (Lipinski definition) is 2. The first-order valence-electron chi connectivity index (χ1n) is 5.41. The highest BCUT2D eigenvalue weighted by atomic mass is 32.1. The van der Waals surface area contributed by atoms with E-state index in [1.165, 1.54) is 0 Å². The van der Waals surface area contributed by atoms with Crippen molar-refractivity contribution in [1.82, 2.24) is 5.32 Å². The van der Waals surface area contributed by atoms with Crippen molar-refractivity contribution in [2.75, 3.05) is 11.9 Å². The second kappa shape index (κ2) is 6.06. The number of thiophene rings is 1. The molecule has 1 aromatic heterocycles. The van der Waals surface area contributed by atoms with Gasteiger partial charge in [0, 0.05) is 17.6 Å². The lowest BCUT2D eigenvalue weighted by molar-refractivity contribution is -0.119. The Morgan fingerprint density at radius 1 is 1.18 bits per heavy atom. The lowest BCUT2D eigenvalue weighted by Crippen LogP contribution is -2.29. The molecule has 0 fully saturated rings. The maximum Gasteiger partial charge on any atom is 0.239 e. The van der Waals surface area contributed by atoms with Crippen LogP contribution in [-0.2, 0) is 11.3 Å². The van der Waals surface area contributed by atoms with Gasteiger partial charge in [0.25, 0.3) is 0 Å². The number of carbonyl (C=O) groups is 1. The van der Waals surface area contributed by atoms with E-state index in [0.717, 1.165) is 11.3 Å². The van der Waals surface area contributed by atoms with E-state index >= 15 is 0 Å². The highest BCUT2D eigenvalue weighted by molar-refractivity contribution is 7.08. The molecule has 0 spiro atoms. The molecule has 2 rings (SSSR count). The van der Waals surface area contributed by atoms with Crippen LogP contribution in [0.15, 0.2) is 47.2 Å². The summed E-state index contributed by atoms with van der Waals surface area (Å²) in [5.74, 6) is 0.0000491. The van der Waals surface area contributed by atoms with Crippen LogP contribution in [0.5, 0.6) is 0 Å². The minimum atomic E-state index is 0.0000491. The highest BCUT2D eigenvalue weighted by Gasteiger charge is 2.00. The molecule has 1 aromatic carbocycles. The Morgan fingerprint density at radius 2 is 2.00 bits per heavy atom. The van der Waals surface area contributed by atoms with Crippen LogP contribution in [-0.4, -0.2) is 12.5 Å². The Morgan fingerprint density at radius 3 is 2.71 bits per heavy atom. The Labute approximate surface area is 104 Å². The van der Waals surface area contributed by atoms with Crippen LogP contribution in [0.4, 0.5) is 5.69 Å². The van der Waals surface area contributed by atoms with E-state index in [1.807, 2.05) is 47.2 Å². The van der Waals surface area contributed by atoms with Crippen molar-refractivity contribution in [3.8, 4) is 0 Å². The summed E-state index contributed by atoms with van der Waals surface area (Å²) in [5, 5.41) is 9.88. The Kier molecular flexibility index (Phi) is 4.16. The van der Waals surface area contributed by atoms with Crippen LogP contribution >= 0.6 is 11.3 Å². The zero-order valence-corrected chi connectivity index (χ0v) is 10.2. The van der Waals surface area contributed by atoms with Gasteiger partial charge >= 0.3 is 0 Å². The molecule has 0 aliphatic heterocycles. The molecule has 4 heteroatoms. The van der Waals surface area contributed by atoms with Crippen LogP contribution in [0.25, 0.3) is 0 Å². The molecule has 2 aromatic rings. The van der Waals surface area contributed by atoms with Crippen molar-refractivity contribution in [2.24, 2.45) is 0 Å². The van der Waals surface area contributed by atoms with E-state index in [9.17, 15) is 4.79 Å². The molecular formula is C13H14N2OS. The molecule has 0 radical (unpaired) electrons. The van der Waals surface area contributed by atoms with Crippen LogP contribution in [0.2, 0.25) is 0 Å². The number of anilines is 1. The highest BCUT2D eigenvalue weighted by Crippen LogP contribution is 2.10.